The van der Waals surface area contributed by atoms with Gasteiger partial charge < -0.3 is 10.1 Å². The van der Waals surface area contributed by atoms with E-state index in [1.165, 1.54) is 6.07 Å². The maximum absolute atomic E-state index is 13.7. The fourth-order valence-electron chi connectivity index (χ4n) is 4.56. The lowest BCUT2D eigenvalue weighted by Crippen LogP contribution is -2.42. The number of hydrogen-bond acceptors (Lipinski definition) is 6. The molecule has 178 valence electrons. The predicted octanol–water partition coefficient (Wildman–Crippen LogP) is 4.46. The summed E-state index contributed by atoms with van der Waals surface area (Å²) >= 11 is 0. The Morgan fingerprint density at radius 1 is 1.24 bits per heavy atom. The Bertz CT molecular complexity index is 1250. The van der Waals surface area contributed by atoms with Crippen molar-refractivity contribution in [2.45, 2.75) is 44.8 Å². The first-order valence-corrected chi connectivity index (χ1v) is 11.3. The van der Waals surface area contributed by atoms with E-state index < -0.39 is 11.7 Å². The third kappa shape index (κ3) is 4.29. The molecule has 1 fully saturated rings. The molecule has 1 saturated heterocycles. The SMILES string of the molecule is CC1CCCc2c(cccc2C(F)(F)F)CNc2nc1nc1cnc(N3CCOCC3=O)cc21. The molecule has 1 atom stereocenters. The third-order valence-corrected chi connectivity index (χ3v) is 6.38. The molecule has 1 unspecified atom stereocenters. The van der Waals surface area contributed by atoms with E-state index in [-0.39, 0.29) is 25.0 Å². The summed E-state index contributed by atoms with van der Waals surface area (Å²) in [5, 5.41) is 3.91. The van der Waals surface area contributed by atoms with Gasteiger partial charge in [0.1, 0.15) is 24.1 Å². The number of hydrogen-bond donors (Lipinski definition) is 1. The summed E-state index contributed by atoms with van der Waals surface area (Å²) in [4.78, 5) is 27.7. The van der Waals surface area contributed by atoms with Crippen LogP contribution in [0.15, 0.2) is 30.5 Å². The van der Waals surface area contributed by atoms with Crippen LogP contribution in [0.25, 0.3) is 10.9 Å². The number of halogens is 3. The van der Waals surface area contributed by atoms with Crippen LogP contribution < -0.4 is 10.2 Å². The zero-order valence-corrected chi connectivity index (χ0v) is 18.7. The van der Waals surface area contributed by atoms with Crippen molar-refractivity contribution >= 4 is 28.4 Å². The number of amides is 1. The molecule has 2 aromatic heterocycles. The zero-order valence-electron chi connectivity index (χ0n) is 18.7. The van der Waals surface area contributed by atoms with Gasteiger partial charge in [-0.1, -0.05) is 19.1 Å². The molecule has 1 amide bonds. The zero-order chi connectivity index (χ0) is 23.9. The Morgan fingerprint density at radius 3 is 2.88 bits per heavy atom. The van der Waals surface area contributed by atoms with Gasteiger partial charge in [0.05, 0.1) is 30.4 Å². The molecule has 0 radical (unpaired) electrons. The number of anilines is 2. The van der Waals surface area contributed by atoms with Gasteiger partial charge in [0.25, 0.3) is 5.91 Å². The smallest absolute Gasteiger partial charge is 0.370 e. The third-order valence-electron chi connectivity index (χ3n) is 6.38. The van der Waals surface area contributed by atoms with E-state index in [9.17, 15) is 18.0 Å². The van der Waals surface area contributed by atoms with E-state index in [1.807, 2.05) is 6.92 Å². The number of fused-ring (bicyclic) bond motifs is 5. The topological polar surface area (TPSA) is 80.2 Å². The van der Waals surface area contributed by atoms with Gasteiger partial charge in [-0.15, -0.1) is 0 Å². The van der Waals surface area contributed by atoms with Crippen LogP contribution in [0.3, 0.4) is 0 Å². The largest absolute Gasteiger partial charge is 0.416 e. The second-order valence-electron chi connectivity index (χ2n) is 8.68. The standard InChI is InChI=1S/C24H24F3N5O2/c1-14-4-2-6-16-15(5-3-7-18(16)24(25,26)27)11-29-23-17-10-20(32-8-9-34-13-21(32)33)28-12-19(17)30-22(14)31-23/h3,5,7,10,12,14H,2,4,6,8-9,11,13H2,1H3,(H,29,30,31). The van der Waals surface area contributed by atoms with Gasteiger partial charge >= 0.3 is 6.18 Å². The van der Waals surface area contributed by atoms with Crippen LogP contribution in [-0.2, 0) is 28.7 Å². The molecule has 0 saturated carbocycles. The fraction of sp³-hybridized carbons (Fsp3) is 0.417. The number of carbonyl (C=O) groups excluding carboxylic acids is 1. The maximum atomic E-state index is 13.7. The van der Waals surface area contributed by atoms with Crippen molar-refractivity contribution in [1.29, 1.82) is 0 Å². The number of pyridine rings is 1. The lowest BCUT2D eigenvalue weighted by atomic mass is 9.93. The van der Waals surface area contributed by atoms with Crippen LogP contribution in [0, 0.1) is 0 Å². The Balaban J connectivity index is 1.58. The van der Waals surface area contributed by atoms with Gasteiger partial charge in [0, 0.05) is 17.8 Å². The van der Waals surface area contributed by atoms with Crippen molar-refractivity contribution in [1.82, 2.24) is 15.0 Å². The van der Waals surface area contributed by atoms with Crippen LogP contribution >= 0.6 is 0 Å². The van der Waals surface area contributed by atoms with E-state index in [0.29, 0.717) is 71.9 Å². The van der Waals surface area contributed by atoms with E-state index in [0.717, 1.165) is 6.07 Å². The summed E-state index contributed by atoms with van der Waals surface area (Å²) in [5.41, 5.74) is 0.949. The molecule has 5 rings (SSSR count). The van der Waals surface area contributed by atoms with E-state index in [1.54, 1.807) is 23.2 Å². The molecule has 0 aliphatic carbocycles. The number of nitrogens with zero attached hydrogens (tertiary/aromatic N) is 4. The van der Waals surface area contributed by atoms with Gasteiger partial charge in [-0.25, -0.2) is 15.0 Å². The highest BCUT2D eigenvalue weighted by Crippen LogP contribution is 2.36. The minimum atomic E-state index is -4.41. The highest BCUT2D eigenvalue weighted by molar-refractivity contribution is 5.97. The summed E-state index contributed by atoms with van der Waals surface area (Å²) in [5.74, 6) is 1.39. The Hall–Kier alpha value is -3.27. The van der Waals surface area contributed by atoms with Crippen molar-refractivity contribution < 1.29 is 22.7 Å². The Labute approximate surface area is 194 Å². The van der Waals surface area contributed by atoms with Crippen LogP contribution in [-0.4, -0.2) is 40.6 Å². The second kappa shape index (κ2) is 8.83. The number of aromatic nitrogens is 3. The number of carbonyl (C=O) groups is 1. The number of morpholine rings is 1. The van der Waals surface area contributed by atoms with Crippen LogP contribution in [0.1, 0.15) is 48.2 Å². The van der Waals surface area contributed by atoms with E-state index in [2.05, 4.69) is 15.3 Å². The molecule has 1 aromatic carbocycles. The predicted molar refractivity (Wildman–Crippen MR) is 121 cm³/mol. The molecule has 0 spiro atoms. The minimum absolute atomic E-state index is 0.00387. The van der Waals surface area contributed by atoms with Gasteiger partial charge in [0.15, 0.2) is 0 Å². The average Bonchev–Trinajstić information content (AvgIpc) is 2.83. The lowest BCUT2D eigenvalue weighted by molar-refractivity contribution is -0.138. The number of ether oxygens (including phenoxy) is 1. The van der Waals surface area contributed by atoms with Crippen molar-refractivity contribution in [2.24, 2.45) is 0 Å². The maximum Gasteiger partial charge on any atom is 0.416 e. The van der Waals surface area contributed by atoms with E-state index >= 15 is 0 Å². The molecule has 7 nitrogen and oxygen atoms in total. The fourth-order valence-corrected chi connectivity index (χ4v) is 4.56. The monoisotopic (exact) mass is 471 g/mol. The molecule has 2 aliphatic heterocycles. The molecule has 3 aromatic rings. The number of nitrogens with one attached hydrogen (secondary N) is 1. The van der Waals surface area contributed by atoms with Crippen molar-refractivity contribution in [3.8, 4) is 0 Å². The van der Waals surface area contributed by atoms with Crippen LogP contribution in [0.5, 0.6) is 0 Å². The summed E-state index contributed by atoms with van der Waals surface area (Å²) in [7, 11) is 0. The van der Waals surface area contributed by atoms with Gasteiger partial charge in [-0.3, -0.25) is 9.69 Å². The summed E-state index contributed by atoms with van der Waals surface area (Å²) in [6.45, 7) is 2.97. The van der Waals surface area contributed by atoms with E-state index in [4.69, 9.17) is 9.72 Å². The van der Waals surface area contributed by atoms with Crippen LogP contribution in [0.4, 0.5) is 24.8 Å². The number of rotatable bonds is 1. The normalized spacial score (nSPS) is 19.4. The Kier molecular flexibility index (Phi) is 5.85. The summed E-state index contributed by atoms with van der Waals surface area (Å²) in [6, 6.07) is 6.07. The van der Waals surface area contributed by atoms with Crippen molar-refractivity contribution in [3.63, 3.8) is 0 Å². The molecule has 2 bridgehead atoms. The first kappa shape index (κ1) is 22.5. The first-order valence-electron chi connectivity index (χ1n) is 11.3. The quantitative estimate of drug-likeness (QED) is 0.565. The lowest BCUT2D eigenvalue weighted by Gasteiger charge is -2.26. The highest BCUT2D eigenvalue weighted by atomic mass is 19.4. The van der Waals surface area contributed by atoms with Gasteiger partial charge in [-0.05, 0) is 42.5 Å². The van der Waals surface area contributed by atoms with Gasteiger partial charge in [0.2, 0.25) is 0 Å². The van der Waals surface area contributed by atoms with Crippen molar-refractivity contribution in [2.75, 3.05) is 30.0 Å². The van der Waals surface area contributed by atoms with Gasteiger partial charge in [-0.2, -0.15) is 13.2 Å². The van der Waals surface area contributed by atoms with Crippen LogP contribution in [0.2, 0.25) is 0 Å². The molecule has 2 aliphatic rings. The first-order chi connectivity index (χ1) is 16.3. The molecule has 4 heterocycles. The number of alkyl halides is 3. The molecular formula is C24H24F3N5O2. The molecular weight excluding hydrogens is 447 g/mol. The average molecular weight is 471 g/mol. The summed E-state index contributed by atoms with van der Waals surface area (Å²) < 4.78 is 46.3. The Morgan fingerprint density at radius 2 is 2.09 bits per heavy atom. The minimum Gasteiger partial charge on any atom is -0.370 e. The molecule has 1 N–H and O–H groups in total. The molecule has 34 heavy (non-hydrogen) atoms. The number of benzene rings is 1. The molecule has 10 heteroatoms. The summed E-state index contributed by atoms with van der Waals surface area (Å²) in [6.07, 6.45) is -1.21. The second-order valence-corrected chi connectivity index (χ2v) is 8.68. The highest BCUT2D eigenvalue weighted by Gasteiger charge is 2.34. The van der Waals surface area contributed by atoms with Crippen molar-refractivity contribution in [3.05, 3.63) is 53.0 Å².